The Bertz CT molecular complexity index is 321. The van der Waals surface area contributed by atoms with E-state index in [1.54, 1.807) is 16.7 Å². The highest BCUT2D eigenvalue weighted by atomic mass is 35.5. The molecule has 0 amide bonds. The van der Waals surface area contributed by atoms with Crippen LogP contribution in [0.4, 0.5) is 5.82 Å². The Hall–Kier alpha value is -0.960. The van der Waals surface area contributed by atoms with Crippen molar-refractivity contribution in [2.24, 2.45) is 0 Å². The smallest absolute Gasteiger partial charge is 0.252 e. The first-order valence-electron chi connectivity index (χ1n) is 3.82. The number of nitrogens with zero attached hydrogens (tertiary/aromatic N) is 1. The second-order valence-electron chi connectivity index (χ2n) is 2.68. The van der Waals surface area contributed by atoms with Crippen LogP contribution in [0.15, 0.2) is 23.0 Å². The fraction of sp³-hybridized carbons (Fsp3) is 0.375. The summed E-state index contributed by atoms with van der Waals surface area (Å²) < 4.78 is 1.77. The van der Waals surface area contributed by atoms with Gasteiger partial charge in [0.2, 0.25) is 0 Å². The number of rotatable bonds is 0. The molecule has 1 aromatic heterocycles. The highest BCUT2D eigenvalue weighted by molar-refractivity contribution is 5.85. The number of aromatic nitrogens is 1. The van der Waals surface area contributed by atoms with Crippen molar-refractivity contribution < 1.29 is 0 Å². The molecule has 0 fully saturated rings. The zero-order valence-electron chi connectivity index (χ0n) is 6.62. The van der Waals surface area contributed by atoms with Crippen molar-refractivity contribution in [1.29, 1.82) is 0 Å². The Balaban J connectivity index is 0.000000720. The number of hydrogen-bond acceptors (Lipinski definition) is 2. The summed E-state index contributed by atoms with van der Waals surface area (Å²) >= 11 is 0. The van der Waals surface area contributed by atoms with Crippen LogP contribution in [0, 0.1) is 0 Å². The molecule has 2 rings (SSSR count). The van der Waals surface area contributed by atoms with Crippen molar-refractivity contribution >= 4 is 18.2 Å². The summed E-state index contributed by atoms with van der Waals surface area (Å²) in [5.74, 6) is 0.948. The normalized spacial score (nSPS) is 14.0. The van der Waals surface area contributed by atoms with Gasteiger partial charge in [-0.3, -0.25) is 9.36 Å². The van der Waals surface area contributed by atoms with Crippen molar-refractivity contribution in [3.05, 3.63) is 28.6 Å². The van der Waals surface area contributed by atoms with Gasteiger partial charge in [0.05, 0.1) is 0 Å². The van der Waals surface area contributed by atoms with Gasteiger partial charge in [-0.05, 0) is 12.5 Å². The molecule has 4 heteroatoms. The van der Waals surface area contributed by atoms with Crippen LogP contribution in [0.1, 0.15) is 6.42 Å². The van der Waals surface area contributed by atoms with Gasteiger partial charge in [0.1, 0.15) is 5.82 Å². The summed E-state index contributed by atoms with van der Waals surface area (Å²) in [7, 11) is 0. The summed E-state index contributed by atoms with van der Waals surface area (Å²) in [6.07, 6.45) is 1.04. The van der Waals surface area contributed by atoms with Gasteiger partial charge >= 0.3 is 0 Å². The number of fused-ring (bicyclic) bond motifs is 1. The Morgan fingerprint density at radius 2 is 2.25 bits per heavy atom. The lowest BCUT2D eigenvalue weighted by molar-refractivity contribution is 0.609. The minimum absolute atomic E-state index is 0. The molecule has 0 unspecified atom stereocenters. The molecule has 0 saturated heterocycles. The minimum Gasteiger partial charge on any atom is -0.371 e. The van der Waals surface area contributed by atoms with E-state index in [4.69, 9.17) is 0 Å². The quantitative estimate of drug-likeness (QED) is 0.658. The molecular weight excluding hydrogens is 176 g/mol. The van der Waals surface area contributed by atoms with E-state index >= 15 is 0 Å². The molecule has 1 N–H and O–H groups in total. The molecule has 12 heavy (non-hydrogen) atoms. The first-order valence-corrected chi connectivity index (χ1v) is 3.82. The van der Waals surface area contributed by atoms with E-state index in [1.807, 2.05) is 6.07 Å². The fourth-order valence-electron chi connectivity index (χ4n) is 1.36. The van der Waals surface area contributed by atoms with Crippen molar-refractivity contribution in [3.63, 3.8) is 0 Å². The molecule has 2 heterocycles. The third-order valence-electron chi connectivity index (χ3n) is 1.91. The Labute approximate surface area is 76.8 Å². The Morgan fingerprint density at radius 3 is 3.00 bits per heavy atom. The lowest BCUT2D eigenvalue weighted by atomic mass is 10.3. The number of nitrogens with one attached hydrogen (secondary N) is 1. The Morgan fingerprint density at radius 1 is 1.42 bits per heavy atom. The van der Waals surface area contributed by atoms with Crippen LogP contribution in [0.25, 0.3) is 0 Å². The largest absolute Gasteiger partial charge is 0.371 e. The highest BCUT2D eigenvalue weighted by Crippen LogP contribution is 2.08. The first-order chi connectivity index (χ1) is 5.38. The zero-order chi connectivity index (χ0) is 7.68. The van der Waals surface area contributed by atoms with Gasteiger partial charge in [-0.1, -0.05) is 6.07 Å². The average Bonchev–Trinajstić information content (AvgIpc) is 2.06. The molecule has 66 valence electrons. The number of anilines is 1. The van der Waals surface area contributed by atoms with Gasteiger partial charge in [-0.15, -0.1) is 12.4 Å². The average molecular weight is 187 g/mol. The van der Waals surface area contributed by atoms with E-state index in [0.717, 1.165) is 25.3 Å². The van der Waals surface area contributed by atoms with E-state index in [0.29, 0.717) is 0 Å². The van der Waals surface area contributed by atoms with Crippen LogP contribution >= 0.6 is 12.4 Å². The first kappa shape index (κ1) is 9.13. The lowest BCUT2D eigenvalue weighted by Gasteiger charge is -2.18. The summed E-state index contributed by atoms with van der Waals surface area (Å²) in [5.41, 5.74) is 0.0923. The zero-order valence-corrected chi connectivity index (χ0v) is 7.43. The predicted molar refractivity (Wildman–Crippen MR) is 51.1 cm³/mol. The van der Waals surface area contributed by atoms with Gasteiger partial charge < -0.3 is 5.32 Å². The summed E-state index contributed by atoms with van der Waals surface area (Å²) in [6.45, 7) is 1.82. The van der Waals surface area contributed by atoms with Crippen molar-refractivity contribution in [2.45, 2.75) is 13.0 Å². The molecule has 0 aliphatic carbocycles. The fourth-order valence-corrected chi connectivity index (χ4v) is 1.36. The summed E-state index contributed by atoms with van der Waals surface area (Å²) in [4.78, 5) is 11.2. The summed E-state index contributed by atoms with van der Waals surface area (Å²) in [5, 5.41) is 3.17. The van der Waals surface area contributed by atoms with Gasteiger partial charge in [0.15, 0.2) is 0 Å². The van der Waals surface area contributed by atoms with Gasteiger partial charge in [0, 0.05) is 19.2 Å². The van der Waals surface area contributed by atoms with Gasteiger partial charge in [-0.2, -0.15) is 0 Å². The lowest BCUT2D eigenvalue weighted by Crippen LogP contribution is -2.27. The predicted octanol–water partition coefficient (Wildman–Crippen LogP) is 1.09. The molecule has 0 saturated carbocycles. The number of pyridine rings is 1. The maximum Gasteiger partial charge on any atom is 0.252 e. The van der Waals surface area contributed by atoms with Crippen LogP contribution in [0.3, 0.4) is 0 Å². The Kier molecular flexibility index (Phi) is 2.76. The van der Waals surface area contributed by atoms with Crippen LogP contribution in [0.5, 0.6) is 0 Å². The molecule has 0 spiro atoms. The third kappa shape index (κ3) is 1.46. The highest BCUT2D eigenvalue weighted by Gasteiger charge is 2.06. The van der Waals surface area contributed by atoms with Crippen LogP contribution in [0.2, 0.25) is 0 Å². The van der Waals surface area contributed by atoms with Crippen LogP contribution in [-0.4, -0.2) is 11.1 Å². The van der Waals surface area contributed by atoms with E-state index in [9.17, 15) is 4.79 Å². The molecule has 0 aromatic carbocycles. The van der Waals surface area contributed by atoms with Gasteiger partial charge in [-0.25, -0.2) is 0 Å². The monoisotopic (exact) mass is 186 g/mol. The molecule has 0 atom stereocenters. The number of halogens is 1. The third-order valence-corrected chi connectivity index (χ3v) is 1.91. The maximum absolute atomic E-state index is 11.2. The summed E-state index contributed by atoms with van der Waals surface area (Å²) in [6, 6.07) is 5.31. The number of hydrogen-bond donors (Lipinski definition) is 1. The van der Waals surface area contributed by atoms with E-state index < -0.39 is 0 Å². The second kappa shape index (κ2) is 3.63. The molecule has 3 nitrogen and oxygen atoms in total. The van der Waals surface area contributed by atoms with Crippen molar-refractivity contribution in [1.82, 2.24) is 4.57 Å². The van der Waals surface area contributed by atoms with E-state index in [1.165, 1.54) is 0 Å². The standard InChI is InChI=1S/C8H10N2O.ClH/c11-8-4-1-3-7-9-5-2-6-10(7)8;/h1,3-4,9H,2,5-6H2;1H. The van der Waals surface area contributed by atoms with Crippen LogP contribution in [-0.2, 0) is 6.54 Å². The minimum atomic E-state index is 0. The van der Waals surface area contributed by atoms with Crippen molar-refractivity contribution in [3.8, 4) is 0 Å². The van der Waals surface area contributed by atoms with Gasteiger partial charge in [0.25, 0.3) is 5.56 Å². The molecule has 0 radical (unpaired) electrons. The van der Waals surface area contributed by atoms with E-state index in [2.05, 4.69) is 5.32 Å². The second-order valence-corrected chi connectivity index (χ2v) is 2.68. The molecule has 0 bridgehead atoms. The molecule has 1 aromatic rings. The van der Waals surface area contributed by atoms with E-state index in [-0.39, 0.29) is 18.0 Å². The topological polar surface area (TPSA) is 34.0 Å². The molecule has 1 aliphatic rings. The van der Waals surface area contributed by atoms with Crippen molar-refractivity contribution in [2.75, 3.05) is 11.9 Å². The SMILES string of the molecule is Cl.O=c1cccc2n1CCCN2. The van der Waals surface area contributed by atoms with Crippen LogP contribution < -0.4 is 10.9 Å². The molecular formula is C8H11ClN2O. The molecule has 1 aliphatic heterocycles. The maximum atomic E-state index is 11.2.